The Balaban J connectivity index is 1.69. The number of nitrogens with zero attached hydrogens (tertiary/aromatic N) is 1. The molecule has 2 aromatic rings. The third-order valence-corrected chi connectivity index (χ3v) is 3.11. The SMILES string of the molecule is CN(C)c1ccc(NC(=O)NCCOc2ccc(F)cc2)cc1. The van der Waals surface area contributed by atoms with Crippen LogP contribution in [0.4, 0.5) is 20.6 Å². The van der Waals surface area contributed by atoms with E-state index in [9.17, 15) is 9.18 Å². The maximum absolute atomic E-state index is 12.7. The molecular weight excluding hydrogens is 297 g/mol. The van der Waals surface area contributed by atoms with Gasteiger partial charge in [0, 0.05) is 25.5 Å². The quantitative estimate of drug-likeness (QED) is 0.805. The Bertz CT molecular complexity index is 627. The molecule has 0 saturated carbocycles. The Morgan fingerprint density at radius 2 is 1.74 bits per heavy atom. The number of urea groups is 1. The van der Waals surface area contributed by atoms with Crippen LogP contribution in [0.2, 0.25) is 0 Å². The minimum atomic E-state index is -0.310. The molecule has 2 rings (SSSR count). The lowest BCUT2D eigenvalue weighted by molar-refractivity contribution is 0.247. The molecule has 0 atom stereocenters. The first-order valence-electron chi connectivity index (χ1n) is 7.25. The highest BCUT2D eigenvalue weighted by molar-refractivity contribution is 5.89. The lowest BCUT2D eigenvalue weighted by Crippen LogP contribution is -2.32. The summed E-state index contributed by atoms with van der Waals surface area (Å²) in [5.41, 5.74) is 1.77. The molecule has 0 bridgehead atoms. The normalized spacial score (nSPS) is 10.0. The van der Waals surface area contributed by atoms with Crippen molar-refractivity contribution in [2.45, 2.75) is 0 Å². The van der Waals surface area contributed by atoms with E-state index >= 15 is 0 Å². The van der Waals surface area contributed by atoms with Crippen molar-refractivity contribution < 1.29 is 13.9 Å². The van der Waals surface area contributed by atoms with E-state index < -0.39 is 0 Å². The highest BCUT2D eigenvalue weighted by Crippen LogP contribution is 2.15. The highest BCUT2D eigenvalue weighted by atomic mass is 19.1. The fourth-order valence-corrected chi connectivity index (χ4v) is 1.88. The summed E-state index contributed by atoms with van der Waals surface area (Å²) in [4.78, 5) is 13.7. The summed E-state index contributed by atoms with van der Waals surface area (Å²) in [5, 5.41) is 5.43. The monoisotopic (exact) mass is 317 g/mol. The van der Waals surface area contributed by atoms with Crippen LogP contribution in [0.15, 0.2) is 48.5 Å². The summed E-state index contributed by atoms with van der Waals surface area (Å²) in [7, 11) is 3.91. The molecule has 0 aliphatic heterocycles. The van der Waals surface area contributed by atoms with Gasteiger partial charge in [-0.1, -0.05) is 0 Å². The molecule has 0 spiro atoms. The molecule has 0 saturated heterocycles. The van der Waals surface area contributed by atoms with Gasteiger partial charge in [0.05, 0.1) is 6.54 Å². The Morgan fingerprint density at radius 1 is 1.09 bits per heavy atom. The van der Waals surface area contributed by atoms with Gasteiger partial charge in [-0.2, -0.15) is 0 Å². The first kappa shape index (κ1) is 16.6. The molecule has 0 fully saturated rings. The van der Waals surface area contributed by atoms with Crippen LogP contribution in [0.3, 0.4) is 0 Å². The number of benzene rings is 2. The molecule has 0 radical (unpaired) electrons. The van der Waals surface area contributed by atoms with E-state index in [-0.39, 0.29) is 11.8 Å². The zero-order valence-electron chi connectivity index (χ0n) is 13.2. The molecule has 0 aliphatic carbocycles. The second-order valence-electron chi connectivity index (χ2n) is 5.12. The van der Waals surface area contributed by atoms with Crippen molar-refractivity contribution in [1.82, 2.24) is 5.32 Å². The topological polar surface area (TPSA) is 53.6 Å². The van der Waals surface area contributed by atoms with Crippen molar-refractivity contribution in [3.05, 3.63) is 54.3 Å². The fourth-order valence-electron chi connectivity index (χ4n) is 1.88. The summed E-state index contributed by atoms with van der Waals surface area (Å²) >= 11 is 0. The van der Waals surface area contributed by atoms with Crippen LogP contribution < -0.4 is 20.3 Å². The van der Waals surface area contributed by atoms with Gasteiger partial charge < -0.3 is 20.3 Å². The first-order chi connectivity index (χ1) is 11.0. The Hall–Kier alpha value is -2.76. The van der Waals surface area contributed by atoms with Crippen LogP contribution in [0.25, 0.3) is 0 Å². The minimum Gasteiger partial charge on any atom is -0.492 e. The third-order valence-electron chi connectivity index (χ3n) is 3.11. The van der Waals surface area contributed by atoms with Crippen LogP contribution >= 0.6 is 0 Å². The van der Waals surface area contributed by atoms with Gasteiger partial charge in [-0.3, -0.25) is 0 Å². The predicted octanol–water partition coefficient (Wildman–Crippen LogP) is 3.09. The maximum Gasteiger partial charge on any atom is 0.319 e. The smallest absolute Gasteiger partial charge is 0.319 e. The zero-order valence-corrected chi connectivity index (χ0v) is 13.2. The average molecular weight is 317 g/mol. The van der Waals surface area contributed by atoms with Gasteiger partial charge in [-0.25, -0.2) is 9.18 Å². The molecule has 0 aromatic heterocycles. The van der Waals surface area contributed by atoms with Crippen molar-refractivity contribution >= 4 is 17.4 Å². The second-order valence-corrected chi connectivity index (χ2v) is 5.12. The third kappa shape index (κ3) is 5.50. The van der Waals surface area contributed by atoms with E-state index in [1.165, 1.54) is 12.1 Å². The molecule has 5 nitrogen and oxygen atoms in total. The number of rotatable bonds is 6. The molecule has 0 aliphatic rings. The van der Waals surface area contributed by atoms with Gasteiger partial charge in [0.1, 0.15) is 18.2 Å². The van der Waals surface area contributed by atoms with Gasteiger partial charge >= 0.3 is 6.03 Å². The van der Waals surface area contributed by atoms with E-state index in [4.69, 9.17) is 4.74 Å². The van der Waals surface area contributed by atoms with Gasteiger partial charge in [0.2, 0.25) is 0 Å². The maximum atomic E-state index is 12.7. The molecule has 2 N–H and O–H groups in total. The minimum absolute atomic E-state index is 0.301. The summed E-state index contributed by atoms with van der Waals surface area (Å²) in [5.74, 6) is 0.253. The molecule has 0 unspecified atom stereocenters. The number of anilines is 2. The number of hydrogen-bond donors (Lipinski definition) is 2. The number of carbonyl (C=O) groups is 1. The van der Waals surface area contributed by atoms with Gasteiger partial charge in [-0.15, -0.1) is 0 Å². The van der Waals surface area contributed by atoms with E-state index in [0.29, 0.717) is 24.6 Å². The number of halogens is 1. The fraction of sp³-hybridized carbons (Fsp3) is 0.235. The highest BCUT2D eigenvalue weighted by Gasteiger charge is 2.02. The van der Waals surface area contributed by atoms with E-state index in [0.717, 1.165) is 5.69 Å². The van der Waals surface area contributed by atoms with Crippen LogP contribution in [-0.2, 0) is 0 Å². The number of carbonyl (C=O) groups excluding carboxylic acids is 1. The van der Waals surface area contributed by atoms with Crippen LogP contribution in [-0.4, -0.2) is 33.3 Å². The van der Waals surface area contributed by atoms with E-state index in [2.05, 4.69) is 10.6 Å². The average Bonchev–Trinajstić information content (AvgIpc) is 2.54. The number of amides is 2. The van der Waals surface area contributed by atoms with Crippen molar-refractivity contribution in [2.24, 2.45) is 0 Å². The molecule has 122 valence electrons. The number of ether oxygens (including phenoxy) is 1. The summed E-state index contributed by atoms with van der Waals surface area (Å²) in [6.07, 6.45) is 0. The summed E-state index contributed by atoms with van der Waals surface area (Å²) in [6, 6.07) is 13.0. The van der Waals surface area contributed by atoms with Crippen LogP contribution in [0, 0.1) is 5.82 Å². The standard InChI is InChI=1S/C17H20FN3O2/c1-21(2)15-7-5-14(6-8-15)20-17(22)19-11-12-23-16-9-3-13(18)4-10-16/h3-10H,11-12H2,1-2H3,(H2,19,20,22). The largest absolute Gasteiger partial charge is 0.492 e. The molecule has 6 heteroatoms. The van der Waals surface area contributed by atoms with E-state index in [1.54, 1.807) is 12.1 Å². The summed E-state index contributed by atoms with van der Waals surface area (Å²) in [6.45, 7) is 0.650. The van der Waals surface area contributed by atoms with Gasteiger partial charge in [-0.05, 0) is 48.5 Å². The molecule has 2 amide bonds. The molecular formula is C17H20FN3O2. The van der Waals surface area contributed by atoms with E-state index in [1.807, 2.05) is 43.3 Å². The molecule has 2 aromatic carbocycles. The Kier molecular flexibility index (Phi) is 5.80. The van der Waals surface area contributed by atoms with Gasteiger partial charge in [0.25, 0.3) is 0 Å². The second kappa shape index (κ2) is 8.03. The van der Waals surface area contributed by atoms with Crippen LogP contribution in [0.5, 0.6) is 5.75 Å². The predicted molar refractivity (Wildman–Crippen MR) is 89.7 cm³/mol. The first-order valence-corrected chi connectivity index (χ1v) is 7.25. The Labute approximate surface area is 135 Å². The number of hydrogen-bond acceptors (Lipinski definition) is 3. The van der Waals surface area contributed by atoms with Gasteiger partial charge in [0.15, 0.2) is 0 Å². The van der Waals surface area contributed by atoms with Crippen LogP contribution in [0.1, 0.15) is 0 Å². The molecule has 0 heterocycles. The Morgan fingerprint density at radius 3 is 2.35 bits per heavy atom. The van der Waals surface area contributed by atoms with Crippen molar-refractivity contribution in [2.75, 3.05) is 37.5 Å². The zero-order chi connectivity index (χ0) is 16.7. The number of nitrogens with one attached hydrogen (secondary N) is 2. The molecule has 23 heavy (non-hydrogen) atoms. The van der Waals surface area contributed by atoms with Crippen molar-refractivity contribution in [3.63, 3.8) is 0 Å². The summed E-state index contributed by atoms with van der Waals surface area (Å²) < 4.78 is 18.1. The lowest BCUT2D eigenvalue weighted by atomic mass is 10.2. The lowest BCUT2D eigenvalue weighted by Gasteiger charge is -2.13. The van der Waals surface area contributed by atoms with Crippen molar-refractivity contribution in [1.29, 1.82) is 0 Å². The van der Waals surface area contributed by atoms with Crippen molar-refractivity contribution in [3.8, 4) is 5.75 Å².